The number of hydrogen-bond acceptors (Lipinski definition) is 3. The van der Waals surface area contributed by atoms with Gasteiger partial charge in [0.05, 0.1) is 22.3 Å². The van der Waals surface area contributed by atoms with Crippen molar-refractivity contribution in [3.8, 4) is 11.5 Å². The molecule has 0 radical (unpaired) electrons. The second kappa shape index (κ2) is 9.87. The Morgan fingerprint density at radius 3 is 2.26 bits per heavy atom. The van der Waals surface area contributed by atoms with E-state index in [-0.39, 0.29) is 10.2 Å². The van der Waals surface area contributed by atoms with E-state index < -0.39 is 10.8 Å². The van der Waals surface area contributed by atoms with Crippen LogP contribution in [0, 0.1) is 0 Å². The summed E-state index contributed by atoms with van der Waals surface area (Å²) in [6, 6.07) is 12.4. The lowest BCUT2D eigenvalue weighted by Crippen LogP contribution is -2.34. The molecule has 1 aliphatic rings. The highest BCUT2D eigenvalue weighted by atomic mass is 32.2. The van der Waals surface area contributed by atoms with E-state index >= 15 is 0 Å². The Morgan fingerprint density at radius 1 is 1.00 bits per heavy atom. The normalized spacial score (nSPS) is 17.4. The lowest BCUT2D eigenvalue weighted by Gasteiger charge is -2.34. The van der Waals surface area contributed by atoms with Crippen LogP contribution in [0.25, 0.3) is 0 Å². The van der Waals surface area contributed by atoms with Crippen LogP contribution in [0.15, 0.2) is 41.3 Å². The van der Waals surface area contributed by atoms with Crippen molar-refractivity contribution in [3.05, 3.63) is 53.1 Å². The minimum absolute atomic E-state index is 0.0605. The van der Waals surface area contributed by atoms with Crippen molar-refractivity contribution in [2.75, 3.05) is 7.11 Å². The number of ether oxygens (including phenoxy) is 2. The van der Waals surface area contributed by atoms with E-state index in [2.05, 4.69) is 52.8 Å². The highest BCUT2D eigenvalue weighted by Gasteiger charge is 2.37. The van der Waals surface area contributed by atoms with Crippen molar-refractivity contribution in [1.29, 1.82) is 0 Å². The van der Waals surface area contributed by atoms with Crippen LogP contribution in [-0.4, -0.2) is 16.1 Å². The number of rotatable bonds is 7. The minimum atomic E-state index is -1.15. The molecule has 170 valence electrons. The predicted molar refractivity (Wildman–Crippen MR) is 130 cm³/mol. The molecule has 0 heterocycles. The molecule has 31 heavy (non-hydrogen) atoms. The van der Waals surface area contributed by atoms with Crippen molar-refractivity contribution in [2.24, 2.45) is 0 Å². The fraction of sp³-hybridized carbons (Fsp3) is 0.556. The summed E-state index contributed by atoms with van der Waals surface area (Å²) in [7, 11) is 0.540. The molecule has 0 bridgehead atoms. The first-order valence-electron chi connectivity index (χ1n) is 11.5. The summed E-state index contributed by atoms with van der Waals surface area (Å²) in [5.41, 5.74) is 3.13. The van der Waals surface area contributed by atoms with E-state index in [9.17, 15) is 4.21 Å². The van der Waals surface area contributed by atoms with Crippen LogP contribution in [-0.2, 0) is 34.0 Å². The molecule has 0 aromatic heterocycles. The highest BCUT2D eigenvalue weighted by molar-refractivity contribution is 7.86. The molecule has 0 saturated heterocycles. The van der Waals surface area contributed by atoms with Crippen LogP contribution in [0.5, 0.6) is 11.5 Å². The smallest absolute Gasteiger partial charge is 0.149 e. The molecular weight excluding hydrogens is 404 g/mol. The maximum Gasteiger partial charge on any atom is 0.149 e. The Balaban J connectivity index is 2.18. The summed E-state index contributed by atoms with van der Waals surface area (Å²) in [6.45, 7) is 11.3. The van der Waals surface area contributed by atoms with Gasteiger partial charge in [0.1, 0.15) is 11.5 Å². The largest absolute Gasteiger partial charge is 0.455 e. The van der Waals surface area contributed by atoms with E-state index in [0.29, 0.717) is 6.61 Å². The van der Waals surface area contributed by atoms with Crippen LogP contribution in [0.1, 0.15) is 83.4 Å². The Kier molecular flexibility index (Phi) is 7.64. The number of para-hydroxylation sites is 1. The van der Waals surface area contributed by atoms with E-state index in [1.165, 1.54) is 6.42 Å². The highest BCUT2D eigenvalue weighted by Crippen LogP contribution is 2.44. The Morgan fingerprint density at radius 2 is 1.65 bits per heavy atom. The molecule has 0 amide bonds. The van der Waals surface area contributed by atoms with Gasteiger partial charge in [0, 0.05) is 23.0 Å². The Labute approximate surface area is 191 Å². The monoisotopic (exact) mass is 442 g/mol. The third-order valence-corrected chi connectivity index (χ3v) is 8.53. The van der Waals surface area contributed by atoms with Crippen LogP contribution in [0.2, 0.25) is 0 Å². The van der Waals surface area contributed by atoms with Gasteiger partial charge in [-0.15, -0.1) is 0 Å². The first-order valence-corrected chi connectivity index (χ1v) is 12.7. The van der Waals surface area contributed by atoms with Gasteiger partial charge in [0.15, 0.2) is 0 Å². The first-order chi connectivity index (χ1) is 14.7. The molecule has 1 fully saturated rings. The van der Waals surface area contributed by atoms with Gasteiger partial charge in [0.25, 0.3) is 0 Å². The number of hydrogen-bond donors (Lipinski definition) is 0. The average Bonchev–Trinajstić information content (AvgIpc) is 2.74. The summed E-state index contributed by atoms with van der Waals surface area (Å²) in [5.74, 6) is 1.55. The van der Waals surface area contributed by atoms with E-state index in [1.807, 2.05) is 18.2 Å². The van der Waals surface area contributed by atoms with E-state index in [0.717, 1.165) is 65.2 Å². The molecule has 4 heteroatoms. The predicted octanol–water partition coefficient (Wildman–Crippen LogP) is 7.32. The van der Waals surface area contributed by atoms with Gasteiger partial charge in [-0.1, -0.05) is 77.3 Å². The quantitative estimate of drug-likeness (QED) is 0.451. The molecule has 2 aromatic carbocycles. The van der Waals surface area contributed by atoms with E-state index in [1.54, 1.807) is 7.11 Å². The summed E-state index contributed by atoms with van der Waals surface area (Å²) in [6.07, 6.45) is 6.33. The van der Waals surface area contributed by atoms with Crippen molar-refractivity contribution in [2.45, 2.75) is 94.8 Å². The fourth-order valence-electron chi connectivity index (χ4n) is 4.52. The molecule has 1 atom stereocenters. The molecule has 1 unspecified atom stereocenters. The number of benzene rings is 2. The number of aryl methyl sites for hydroxylation is 1. The second-order valence-corrected chi connectivity index (χ2v) is 11.9. The van der Waals surface area contributed by atoms with Crippen LogP contribution in [0.4, 0.5) is 0 Å². The van der Waals surface area contributed by atoms with Crippen molar-refractivity contribution >= 4 is 10.8 Å². The molecule has 2 aromatic rings. The summed E-state index contributed by atoms with van der Waals surface area (Å²) in [5, 5.41) is 0. The average molecular weight is 443 g/mol. The van der Waals surface area contributed by atoms with Crippen molar-refractivity contribution in [1.82, 2.24) is 0 Å². The van der Waals surface area contributed by atoms with Gasteiger partial charge in [-0.3, -0.25) is 4.21 Å². The Hall–Kier alpha value is -1.65. The van der Waals surface area contributed by atoms with Gasteiger partial charge >= 0.3 is 0 Å². The molecule has 3 rings (SSSR count). The molecule has 0 N–H and O–H groups in total. The van der Waals surface area contributed by atoms with Gasteiger partial charge in [-0.2, -0.15) is 0 Å². The first kappa shape index (κ1) is 24.0. The standard InChI is InChI=1S/C27H38O3S/c1-7-20-15-16-21(19-29-6)24(25(20)31(28)27(5)17-11-8-12-18-27)30-23-14-10-9-13-22(23)26(2,3)4/h9-10,13-16H,7-8,11-12,17-19H2,1-6H3. The molecule has 1 saturated carbocycles. The summed E-state index contributed by atoms with van der Waals surface area (Å²) >= 11 is 0. The van der Waals surface area contributed by atoms with Gasteiger partial charge in [-0.05, 0) is 43.2 Å². The fourth-order valence-corrected chi connectivity index (χ4v) is 6.47. The molecule has 0 spiro atoms. The maximum absolute atomic E-state index is 14.1. The third kappa shape index (κ3) is 5.23. The zero-order chi connectivity index (χ0) is 22.6. The van der Waals surface area contributed by atoms with Crippen LogP contribution < -0.4 is 4.74 Å². The van der Waals surface area contributed by atoms with Gasteiger partial charge in [-0.25, -0.2) is 0 Å². The molecule has 3 nitrogen and oxygen atoms in total. The summed E-state index contributed by atoms with van der Waals surface area (Å²) < 4.78 is 26.1. The van der Waals surface area contributed by atoms with E-state index in [4.69, 9.17) is 9.47 Å². The van der Waals surface area contributed by atoms with Crippen molar-refractivity contribution < 1.29 is 13.7 Å². The minimum Gasteiger partial charge on any atom is -0.455 e. The van der Waals surface area contributed by atoms with Crippen LogP contribution >= 0.6 is 0 Å². The SMILES string of the molecule is CCc1ccc(COC)c(Oc2ccccc2C(C)(C)C)c1S(=O)C1(C)CCCCC1. The second-order valence-electron chi connectivity index (χ2n) is 9.96. The Bertz CT molecular complexity index is 921. The van der Waals surface area contributed by atoms with Crippen LogP contribution in [0.3, 0.4) is 0 Å². The lowest BCUT2D eigenvalue weighted by atomic mass is 9.86. The zero-order valence-corrected chi connectivity index (χ0v) is 20.9. The maximum atomic E-state index is 14.1. The zero-order valence-electron chi connectivity index (χ0n) is 20.0. The number of methoxy groups -OCH3 is 1. The molecule has 1 aliphatic carbocycles. The third-order valence-electron chi connectivity index (χ3n) is 6.41. The molecular formula is C27H38O3S. The van der Waals surface area contributed by atoms with Gasteiger partial charge in [0.2, 0.25) is 0 Å². The lowest BCUT2D eigenvalue weighted by molar-refractivity contribution is 0.182. The van der Waals surface area contributed by atoms with Crippen molar-refractivity contribution in [3.63, 3.8) is 0 Å². The topological polar surface area (TPSA) is 35.5 Å². The summed E-state index contributed by atoms with van der Waals surface area (Å²) in [4.78, 5) is 0.866. The van der Waals surface area contributed by atoms with Gasteiger partial charge < -0.3 is 9.47 Å². The molecule has 0 aliphatic heterocycles.